The summed E-state index contributed by atoms with van der Waals surface area (Å²) in [5.74, 6) is 0. The van der Waals surface area contributed by atoms with Crippen LogP contribution in [-0.2, 0) is 0 Å². The molecule has 2 aliphatic heterocycles. The van der Waals surface area contributed by atoms with Crippen molar-refractivity contribution in [2.24, 2.45) is 0 Å². The molecule has 64 valence electrons. The maximum Gasteiger partial charge on any atom is 0.00987 e. The Morgan fingerprint density at radius 1 is 1.09 bits per heavy atom. The van der Waals surface area contributed by atoms with Gasteiger partial charge in [-0.15, -0.1) is 0 Å². The lowest BCUT2D eigenvalue weighted by atomic mass is 10.0. The van der Waals surface area contributed by atoms with Crippen LogP contribution in [0.3, 0.4) is 0 Å². The van der Waals surface area contributed by atoms with Gasteiger partial charge in [-0.25, -0.2) is 0 Å². The van der Waals surface area contributed by atoms with E-state index in [0.717, 1.165) is 12.1 Å². The monoisotopic (exact) mass is 153 g/mol. The lowest BCUT2D eigenvalue weighted by Gasteiger charge is -2.34. The molecule has 2 atom stereocenters. The van der Waals surface area contributed by atoms with E-state index in [1.54, 1.807) is 0 Å². The third-order valence-electron chi connectivity index (χ3n) is 3.33. The highest BCUT2D eigenvalue weighted by Gasteiger charge is 2.35. The normalized spacial score (nSPS) is 37.9. The molecule has 0 unspecified atom stereocenters. The van der Waals surface area contributed by atoms with Crippen LogP contribution in [0.4, 0.5) is 0 Å². The predicted octanol–water partition coefficient (Wildman–Crippen LogP) is 2.41. The molecule has 0 radical (unpaired) electrons. The summed E-state index contributed by atoms with van der Waals surface area (Å²) in [7, 11) is 0. The van der Waals surface area contributed by atoms with E-state index in [-0.39, 0.29) is 0 Å². The lowest BCUT2D eigenvalue weighted by Crippen LogP contribution is -2.39. The maximum atomic E-state index is 2.77. The van der Waals surface area contributed by atoms with E-state index in [0.29, 0.717) is 0 Å². The fraction of sp³-hybridized carbons (Fsp3) is 1.00. The Kier molecular flexibility index (Phi) is 2.17. The molecule has 0 N–H and O–H groups in total. The highest BCUT2D eigenvalue weighted by Crippen LogP contribution is 2.35. The number of piperidine rings is 1. The molecule has 2 aliphatic rings. The van der Waals surface area contributed by atoms with E-state index >= 15 is 0 Å². The molecule has 0 aliphatic carbocycles. The second-order valence-electron chi connectivity index (χ2n) is 4.05. The van der Waals surface area contributed by atoms with Gasteiger partial charge in [0.25, 0.3) is 0 Å². The second-order valence-corrected chi connectivity index (χ2v) is 4.05. The molecule has 1 heteroatoms. The predicted molar refractivity (Wildman–Crippen MR) is 47.7 cm³/mol. The van der Waals surface area contributed by atoms with Gasteiger partial charge in [0, 0.05) is 12.1 Å². The summed E-state index contributed by atoms with van der Waals surface area (Å²) >= 11 is 0. The molecular weight excluding hydrogens is 134 g/mol. The molecule has 0 aromatic carbocycles. The molecule has 0 aromatic rings. The fourth-order valence-corrected chi connectivity index (χ4v) is 2.85. The molecule has 0 amide bonds. The quantitative estimate of drug-likeness (QED) is 0.589. The Morgan fingerprint density at radius 2 is 1.73 bits per heavy atom. The zero-order chi connectivity index (χ0) is 7.68. The average Bonchev–Trinajstić information content (AvgIpc) is 2.30. The summed E-state index contributed by atoms with van der Waals surface area (Å²) in [6.45, 7) is 3.66. The first kappa shape index (κ1) is 7.60. The van der Waals surface area contributed by atoms with Crippen molar-refractivity contribution < 1.29 is 0 Å². The van der Waals surface area contributed by atoms with Crippen LogP contribution >= 0.6 is 0 Å². The number of nitrogens with zero attached hydrogens (tertiary/aromatic N) is 1. The minimum atomic E-state index is 0.980. The van der Waals surface area contributed by atoms with E-state index < -0.39 is 0 Å². The third kappa shape index (κ3) is 1.31. The standard InChI is InChI=1S/C10H19N/c1-2-8-11-9-4-3-5-10(11)7-6-9/h9-10H,2-8H2,1H3/t9-,10+. The van der Waals surface area contributed by atoms with E-state index in [1.807, 2.05) is 0 Å². The molecule has 2 bridgehead atoms. The van der Waals surface area contributed by atoms with Crippen LogP contribution in [-0.4, -0.2) is 23.5 Å². The van der Waals surface area contributed by atoms with E-state index in [9.17, 15) is 0 Å². The van der Waals surface area contributed by atoms with Crippen molar-refractivity contribution in [3.05, 3.63) is 0 Å². The van der Waals surface area contributed by atoms with Gasteiger partial charge < -0.3 is 0 Å². The highest BCUT2D eigenvalue weighted by molar-refractivity contribution is 4.91. The van der Waals surface area contributed by atoms with Gasteiger partial charge in [-0.1, -0.05) is 13.3 Å². The van der Waals surface area contributed by atoms with Crippen molar-refractivity contribution >= 4 is 0 Å². The maximum absolute atomic E-state index is 2.77. The second kappa shape index (κ2) is 3.14. The van der Waals surface area contributed by atoms with Crippen molar-refractivity contribution in [2.75, 3.05) is 6.54 Å². The SMILES string of the molecule is CCCN1[C@@H]2CCC[C@H]1CC2. The summed E-state index contributed by atoms with van der Waals surface area (Å²) < 4.78 is 0. The van der Waals surface area contributed by atoms with Crippen molar-refractivity contribution in [1.82, 2.24) is 4.90 Å². The number of rotatable bonds is 2. The summed E-state index contributed by atoms with van der Waals surface area (Å²) in [5.41, 5.74) is 0. The minimum absolute atomic E-state index is 0.980. The smallest absolute Gasteiger partial charge is 0.00987 e. The largest absolute Gasteiger partial charge is 0.297 e. The van der Waals surface area contributed by atoms with E-state index in [2.05, 4.69) is 11.8 Å². The molecular formula is C10H19N. The van der Waals surface area contributed by atoms with Gasteiger partial charge in [-0.3, -0.25) is 4.90 Å². The zero-order valence-electron chi connectivity index (χ0n) is 7.55. The summed E-state index contributed by atoms with van der Waals surface area (Å²) in [4.78, 5) is 2.77. The summed E-state index contributed by atoms with van der Waals surface area (Å²) in [6.07, 6.45) is 8.78. The average molecular weight is 153 g/mol. The van der Waals surface area contributed by atoms with E-state index in [4.69, 9.17) is 0 Å². The number of hydrogen-bond acceptors (Lipinski definition) is 1. The van der Waals surface area contributed by atoms with Crippen molar-refractivity contribution in [3.8, 4) is 0 Å². The van der Waals surface area contributed by atoms with Gasteiger partial charge >= 0.3 is 0 Å². The van der Waals surface area contributed by atoms with Crippen molar-refractivity contribution in [3.63, 3.8) is 0 Å². The molecule has 2 heterocycles. The Balaban J connectivity index is 1.97. The van der Waals surface area contributed by atoms with Crippen molar-refractivity contribution in [1.29, 1.82) is 0 Å². The third-order valence-corrected chi connectivity index (χ3v) is 3.33. The van der Waals surface area contributed by atoms with Crippen LogP contribution in [0.1, 0.15) is 45.4 Å². The molecule has 2 fully saturated rings. The molecule has 2 saturated heterocycles. The fourth-order valence-electron chi connectivity index (χ4n) is 2.85. The van der Waals surface area contributed by atoms with Crippen LogP contribution in [0, 0.1) is 0 Å². The Labute approximate surface area is 69.8 Å². The Bertz CT molecular complexity index is 117. The molecule has 1 nitrogen and oxygen atoms in total. The number of hydrogen-bond donors (Lipinski definition) is 0. The first-order chi connectivity index (χ1) is 5.42. The van der Waals surface area contributed by atoms with Crippen LogP contribution in [0.5, 0.6) is 0 Å². The van der Waals surface area contributed by atoms with Crippen molar-refractivity contribution in [2.45, 2.75) is 57.5 Å². The van der Waals surface area contributed by atoms with Gasteiger partial charge in [0.05, 0.1) is 0 Å². The van der Waals surface area contributed by atoms with Gasteiger partial charge in [0.15, 0.2) is 0 Å². The van der Waals surface area contributed by atoms with Crippen LogP contribution < -0.4 is 0 Å². The molecule has 2 rings (SSSR count). The van der Waals surface area contributed by atoms with Crippen LogP contribution in [0.25, 0.3) is 0 Å². The summed E-state index contributed by atoms with van der Waals surface area (Å²) in [6, 6.07) is 1.96. The molecule has 0 aromatic heterocycles. The highest BCUT2D eigenvalue weighted by atomic mass is 15.2. The van der Waals surface area contributed by atoms with Gasteiger partial charge in [-0.2, -0.15) is 0 Å². The number of fused-ring (bicyclic) bond motifs is 2. The Morgan fingerprint density at radius 3 is 2.27 bits per heavy atom. The lowest BCUT2D eigenvalue weighted by molar-refractivity contribution is 0.141. The van der Waals surface area contributed by atoms with Gasteiger partial charge in [0.2, 0.25) is 0 Å². The molecule has 11 heavy (non-hydrogen) atoms. The topological polar surface area (TPSA) is 3.24 Å². The first-order valence-corrected chi connectivity index (χ1v) is 5.17. The van der Waals surface area contributed by atoms with Gasteiger partial charge in [0.1, 0.15) is 0 Å². The molecule has 0 saturated carbocycles. The Hall–Kier alpha value is -0.0400. The summed E-state index contributed by atoms with van der Waals surface area (Å²) in [5, 5.41) is 0. The van der Waals surface area contributed by atoms with Gasteiger partial charge in [-0.05, 0) is 38.6 Å². The zero-order valence-corrected chi connectivity index (χ0v) is 7.55. The van der Waals surface area contributed by atoms with Crippen LogP contribution in [0.2, 0.25) is 0 Å². The minimum Gasteiger partial charge on any atom is -0.297 e. The first-order valence-electron chi connectivity index (χ1n) is 5.17. The molecule has 0 spiro atoms. The van der Waals surface area contributed by atoms with E-state index in [1.165, 1.54) is 45.1 Å². The van der Waals surface area contributed by atoms with Crippen LogP contribution in [0.15, 0.2) is 0 Å².